The van der Waals surface area contributed by atoms with Crippen molar-refractivity contribution in [1.82, 2.24) is 24.9 Å². The summed E-state index contributed by atoms with van der Waals surface area (Å²) in [5.41, 5.74) is 2.65. The highest BCUT2D eigenvalue weighted by atomic mass is 32.1. The van der Waals surface area contributed by atoms with Gasteiger partial charge in [0.25, 0.3) is 0 Å². The lowest BCUT2D eigenvalue weighted by atomic mass is 10.3. The third-order valence-corrected chi connectivity index (χ3v) is 5.11. The average Bonchev–Trinajstić information content (AvgIpc) is 3.33. The molecule has 0 bridgehead atoms. The molecule has 0 fully saturated rings. The third-order valence-electron chi connectivity index (χ3n) is 3.49. The molecule has 0 spiro atoms. The van der Waals surface area contributed by atoms with Crippen LogP contribution < -0.4 is 5.32 Å². The minimum Gasteiger partial charge on any atom is -0.348 e. The van der Waals surface area contributed by atoms with Gasteiger partial charge < -0.3 is 5.32 Å². The van der Waals surface area contributed by atoms with Gasteiger partial charge in [-0.15, -0.1) is 21.5 Å². The van der Waals surface area contributed by atoms with Crippen LogP contribution in [0.25, 0.3) is 16.2 Å². The first kappa shape index (κ1) is 15.0. The van der Waals surface area contributed by atoms with Gasteiger partial charge in [-0.3, -0.25) is 9.20 Å². The van der Waals surface area contributed by atoms with E-state index in [1.54, 1.807) is 22.7 Å². The molecule has 4 aromatic rings. The third kappa shape index (κ3) is 3.06. The number of amides is 1. The molecule has 0 aliphatic heterocycles. The summed E-state index contributed by atoms with van der Waals surface area (Å²) in [5.74, 6) is 0.626. The molecule has 4 heterocycles. The smallest absolute Gasteiger partial charge is 0.226 e. The normalized spacial score (nSPS) is 11.0. The molecule has 0 aromatic carbocycles. The van der Waals surface area contributed by atoms with Crippen LogP contribution in [0.15, 0.2) is 46.6 Å². The van der Waals surface area contributed by atoms with Crippen molar-refractivity contribution in [3.05, 3.63) is 58.1 Å². The van der Waals surface area contributed by atoms with Crippen molar-refractivity contribution in [2.45, 2.75) is 13.0 Å². The van der Waals surface area contributed by atoms with Crippen LogP contribution in [-0.2, 0) is 17.8 Å². The van der Waals surface area contributed by atoms with Crippen LogP contribution in [0.4, 0.5) is 0 Å². The van der Waals surface area contributed by atoms with Crippen molar-refractivity contribution < 1.29 is 4.79 Å². The maximum absolute atomic E-state index is 12.1. The summed E-state index contributed by atoms with van der Waals surface area (Å²) in [5, 5.41) is 18.0. The molecule has 4 rings (SSSR count). The minimum atomic E-state index is -0.0788. The summed E-state index contributed by atoms with van der Waals surface area (Å²) in [4.78, 5) is 16.7. The highest BCUT2D eigenvalue weighted by Crippen LogP contribution is 2.25. The molecule has 0 aliphatic rings. The highest BCUT2D eigenvalue weighted by Gasteiger charge is 2.11. The maximum atomic E-state index is 12.1. The zero-order chi connectivity index (χ0) is 16.4. The number of hydrogen-bond acceptors (Lipinski definition) is 6. The number of rotatable bonds is 5. The van der Waals surface area contributed by atoms with E-state index in [0.717, 1.165) is 21.9 Å². The Balaban J connectivity index is 1.38. The lowest BCUT2D eigenvalue weighted by Gasteiger charge is -2.02. The standard InChI is InChI=1S/C16H13N5OS2/c22-15(7-12-10-24-16(18-12)11-4-6-23-9-11)17-8-14-20-19-13-3-1-2-5-21(13)14/h1-6,9-10H,7-8H2,(H,17,22). The fourth-order valence-electron chi connectivity index (χ4n) is 2.32. The summed E-state index contributed by atoms with van der Waals surface area (Å²) in [7, 11) is 0. The van der Waals surface area contributed by atoms with Crippen molar-refractivity contribution >= 4 is 34.2 Å². The molecule has 8 heteroatoms. The van der Waals surface area contributed by atoms with E-state index in [-0.39, 0.29) is 12.3 Å². The summed E-state index contributed by atoms with van der Waals surface area (Å²) in [6.45, 7) is 0.339. The Morgan fingerprint density at radius 1 is 1.21 bits per heavy atom. The molecule has 1 N–H and O–H groups in total. The molecular weight excluding hydrogens is 342 g/mol. The molecule has 24 heavy (non-hydrogen) atoms. The van der Waals surface area contributed by atoms with Crippen molar-refractivity contribution in [3.8, 4) is 10.6 Å². The predicted molar refractivity (Wildman–Crippen MR) is 94.0 cm³/mol. The van der Waals surface area contributed by atoms with Crippen molar-refractivity contribution in [1.29, 1.82) is 0 Å². The van der Waals surface area contributed by atoms with Crippen molar-refractivity contribution in [2.75, 3.05) is 0 Å². The largest absolute Gasteiger partial charge is 0.348 e. The lowest BCUT2D eigenvalue weighted by molar-refractivity contribution is -0.120. The SMILES string of the molecule is O=C(Cc1csc(-c2ccsc2)n1)NCc1nnc2ccccn12. The summed E-state index contributed by atoms with van der Waals surface area (Å²) < 4.78 is 1.86. The fraction of sp³-hybridized carbons (Fsp3) is 0.125. The molecule has 120 valence electrons. The number of hydrogen-bond donors (Lipinski definition) is 1. The number of nitrogens with zero attached hydrogens (tertiary/aromatic N) is 4. The van der Waals surface area contributed by atoms with Crippen LogP contribution in [0, 0.1) is 0 Å². The average molecular weight is 355 g/mol. The molecule has 0 aliphatic carbocycles. The number of carbonyl (C=O) groups is 1. The Morgan fingerprint density at radius 3 is 3.04 bits per heavy atom. The zero-order valence-electron chi connectivity index (χ0n) is 12.5. The molecule has 0 saturated carbocycles. The van der Waals surface area contributed by atoms with E-state index in [1.165, 1.54) is 0 Å². The topological polar surface area (TPSA) is 72.2 Å². The van der Waals surface area contributed by atoms with Crippen molar-refractivity contribution in [2.24, 2.45) is 0 Å². The second-order valence-corrected chi connectivity index (χ2v) is 6.79. The first-order chi connectivity index (χ1) is 11.8. The predicted octanol–water partition coefficient (Wildman–Crippen LogP) is 2.77. The Hall–Kier alpha value is -2.58. The van der Waals surface area contributed by atoms with E-state index >= 15 is 0 Å². The molecule has 0 saturated heterocycles. The van der Waals surface area contributed by atoms with Gasteiger partial charge in [0.1, 0.15) is 5.01 Å². The van der Waals surface area contributed by atoms with Crippen LogP contribution in [-0.4, -0.2) is 25.5 Å². The van der Waals surface area contributed by atoms with E-state index in [9.17, 15) is 4.79 Å². The van der Waals surface area contributed by atoms with E-state index in [2.05, 4.69) is 25.9 Å². The lowest BCUT2D eigenvalue weighted by Crippen LogP contribution is -2.25. The number of fused-ring (bicyclic) bond motifs is 1. The second kappa shape index (κ2) is 6.50. The molecule has 0 radical (unpaired) electrons. The number of thiazole rings is 1. The number of aromatic nitrogens is 4. The minimum absolute atomic E-state index is 0.0788. The van der Waals surface area contributed by atoms with Gasteiger partial charge in [0, 0.05) is 22.5 Å². The van der Waals surface area contributed by atoms with Gasteiger partial charge in [-0.25, -0.2) is 4.98 Å². The maximum Gasteiger partial charge on any atom is 0.226 e. The number of pyridine rings is 1. The van der Waals surface area contributed by atoms with Gasteiger partial charge in [0.05, 0.1) is 18.7 Å². The Morgan fingerprint density at radius 2 is 2.17 bits per heavy atom. The van der Waals surface area contributed by atoms with Gasteiger partial charge in [0.2, 0.25) is 5.91 Å². The Kier molecular flexibility index (Phi) is 4.06. The monoisotopic (exact) mass is 355 g/mol. The van der Waals surface area contributed by atoms with Crippen LogP contribution in [0.1, 0.15) is 11.5 Å². The fourth-order valence-corrected chi connectivity index (χ4v) is 3.85. The van der Waals surface area contributed by atoms with E-state index < -0.39 is 0 Å². The molecule has 1 amide bonds. The molecule has 0 atom stereocenters. The molecule has 0 unspecified atom stereocenters. The van der Waals surface area contributed by atoms with Gasteiger partial charge in [0.15, 0.2) is 11.5 Å². The van der Waals surface area contributed by atoms with Gasteiger partial charge >= 0.3 is 0 Å². The van der Waals surface area contributed by atoms with Gasteiger partial charge in [-0.1, -0.05) is 6.07 Å². The Labute approximate surface area is 145 Å². The van der Waals surface area contributed by atoms with Gasteiger partial charge in [-0.2, -0.15) is 11.3 Å². The summed E-state index contributed by atoms with van der Waals surface area (Å²) in [6.07, 6.45) is 2.14. The number of thiophene rings is 1. The van der Waals surface area contributed by atoms with Crippen LogP contribution >= 0.6 is 22.7 Å². The second-order valence-electron chi connectivity index (χ2n) is 5.15. The number of carbonyl (C=O) groups excluding carboxylic acids is 1. The summed E-state index contributed by atoms with van der Waals surface area (Å²) >= 11 is 3.19. The summed E-state index contributed by atoms with van der Waals surface area (Å²) in [6, 6.07) is 7.71. The molecular formula is C16H13N5OS2. The van der Waals surface area contributed by atoms with E-state index in [1.807, 2.05) is 45.6 Å². The number of nitrogens with one attached hydrogen (secondary N) is 1. The first-order valence-electron chi connectivity index (χ1n) is 7.32. The molecule has 6 nitrogen and oxygen atoms in total. The van der Waals surface area contributed by atoms with Crippen molar-refractivity contribution in [3.63, 3.8) is 0 Å². The van der Waals surface area contributed by atoms with E-state index in [0.29, 0.717) is 12.4 Å². The quantitative estimate of drug-likeness (QED) is 0.597. The van der Waals surface area contributed by atoms with Crippen LogP contribution in [0.3, 0.4) is 0 Å². The zero-order valence-corrected chi connectivity index (χ0v) is 14.2. The molecule has 4 aromatic heterocycles. The van der Waals surface area contributed by atoms with E-state index in [4.69, 9.17) is 0 Å². The van der Waals surface area contributed by atoms with Gasteiger partial charge in [-0.05, 0) is 23.6 Å². The Bertz CT molecular complexity index is 973. The first-order valence-corrected chi connectivity index (χ1v) is 9.14. The highest BCUT2D eigenvalue weighted by molar-refractivity contribution is 7.14. The van der Waals surface area contributed by atoms with Crippen LogP contribution in [0.5, 0.6) is 0 Å². The van der Waals surface area contributed by atoms with Crippen LogP contribution in [0.2, 0.25) is 0 Å².